The molecule has 124 valence electrons. The summed E-state index contributed by atoms with van der Waals surface area (Å²) < 4.78 is 7.05. The van der Waals surface area contributed by atoms with Gasteiger partial charge in [-0.25, -0.2) is 0 Å². The Morgan fingerprint density at radius 1 is 1.39 bits per heavy atom. The van der Waals surface area contributed by atoms with E-state index in [0.29, 0.717) is 6.42 Å². The third kappa shape index (κ3) is 3.02. The first-order valence-electron chi connectivity index (χ1n) is 8.19. The maximum absolute atomic E-state index is 12.7. The summed E-state index contributed by atoms with van der Waals surface area (Å²) in [4.78, 5) is 14.6. The summed E-state index contributed by atoms with van der Waals surface area (Å²) in [7, 11) is 1.94. The number of hydrogen-bond donors (Lipinski definition) is 0. The zero-order valence-electron chi connectivity index (χ0n) is 14.3. The number of aryl methyl sites for hydroxylation is 3. The maximum Gasteiger partial charge on any atom is 0.223 e. The summed E-state index contributed by atoms with van der Waals surface area (Å²) in [5.74, 6) is 0.983. The normalized spacial score (nSPS) is 17.9. The van der Waals surface area contributed by atoms with Crippen molar-refractivity contribution >= 4 is 5.91 Å². The minimum Gasteiger partial charge on any atom is -0.361 e. The molecule has 0 bridgehead atoms. The van der Waals surface area contributed by atoms with Gasteiger partial charge in [0.2, 0.25) is 5.91 Å². The molecule has 1 atom stereocenters. The molecule has 6 heteroatoms. The minimum absolute atomic E-state index is 0.0658. The largest absolute Gasteiger partial charge is 0.361 e. The topological polar surface area (TPSA) is 64.2 Å². The van der Waals surface area contributed by atoms with Crippen molar-refractivity contribution in [3.63, 3.8) is 0 Å². The SMILES string of the molecule is Cc1cc(C2CCCN2C(=O)CCc2c(C)nn(C)c2C)no1. The lowest BCUT2D eigenvalue weighted by molar-refractivity contribution is -0.132. The summed E-state index contributed by atoms with van der Waals surface area (Å²) in [5, 5.41) is 8.52. The Labute approximate surface area is 136 Å². The second-order valence-electron chi connectivity index (χ2n) is 6.38. The van der Waals surface area contributed by atoms with Crippen LogP contribution in [-0.2, 0) is 18.3 Å². The van der Waals surface area contributed by atoms with Gasteiger partial charge in [-0.15, -0.1) is 0 Å². The molecule has 1 saturated heterocycles. The van der Waals surface area contributed by atoms with Gasteiger partial charge in [-0.05, 0) is 45.6 Å². The third-order valence-electron chi connectivity index (χ3n) is 4.81. The molecule has 0 N–H and O–H groups in total. The van der Waals surface area contributed by atoms with E-state index in [-0.39, 0.29) is 11.9 Å². The van der Waals surface area contributed by atoms with Gasteiger partial charge in [0.25, 0.3) is 0 Å². The van der Waals surface area contributed by atoms with E-state index in [1.165, 1.54) is 5.56 Å². The average Bonchev–Trinajstić information content (AvgIpc) is 3.19. The summed E-state index contributed by atoms with van der Waals surface area (Å²) >= 11 is 0. The number of likely N-dealkylation sites (tertiary alicyclic amines) is 1. The van der Waals surface area contributed by atoms with Gasteiger partial charge >= 0.3 is 0 Å². The van der Waals surface area contributed by atoms with E-state index in [0.717, 1.165) is 48.6 Å². The van der Waals surface area contributed by atoms with Crippen LogP contribution in [0.25, 0.3) is 0 Å². The summed E-state index contributed by atoms with van der Waals surface area (Å²) in [6.45, 7) is 6.74. The second-order valence-corrected chi connectivity index (χ2v) is 6.38. The number of aromatic nitrogens is 3. The summed E-state index contributed by atoms with van der Waals surface area (Å²) in [6, 6.07) is 2.00. The second kappa shape index (κ2) is 6.18. The highest BCUT2D eigenvalue weighted by Gasteiger charge is 2.31. The molecule has 1 aliphatic rings. The fourth-order valence-corrected chi connectivity index (χ4v) is 3.47. The van der Waals surface area contributed by atoms with Crippen molar-refractivity contribution in [3.05, 3.63) is 34.5 Å². The maximum atomic E-state index is 12.7. The van der Waals surface area contributed by atoms with Gasteiger partial charge in [0, 0.05) is 31.8 Å². The number of amides is 1. The van der Waals surface area contributed by atoms with Crippen LogP contribution in [-0.4, -0.2) is 32.3 Å². The first-order valence-corrected chi connectivity index (χ1v) is 8.19. The van der Waals surface area contributed by atoms with Crippen LogP contribution in [0.3, 0.4) is 0 Å². The summed E-state index contributed by atoms with van der Waals surface area (Å²) in [6.07, 6.45) is 3.24. The lowest BCUT2D eigenvalue weighted by atomic mass is 10.1. The molecular formula is C17H24N4O2. The first kappa shape index (κ1) is 15.8. The lowest BCUT2D eigenvalue weighted by Gasteiger charge is -2.23. The predicted octanol–water partition coefficient (Wildman–Crippen LogP) is 2.63. The Morgan fingerprint density at radius 3 is 2.78 bits per heavy atom. The van der Waals surface area contributed by atoms with Crippen LogP contribution in [0.5, 0.6) is 0 Å². The predicted molar refractivity (Wildman–Crippen MR) is 85.9 cm³/mol. The van der Waals surface area contributed by atoms with Crippen molar-refractivity contribution in [3.8, 4) is 0 Å². The van der Waals surface area contributed by atoms with Gasteiger partial charge in [-0.2, -0.15) is 5.10 Å². The molecule has 6 nitrogen and oxygen atoms in total. The molecule has 1 amide bonds. The van der Waals surface area contributed by atoms with Crippen LogP contribution >= 0.6 is 0 Å². The monoisotopic (exact) mass is 316 g/mol. The van der Waals surface area contributed by atoms with Gasteiger partial charge in [-0.1, -0.05) is 5.16 Å². The fourth-order valence-electron chi connectivity index (χ4n) is 3.47. The quantitative estimate of drug-likeness (QED) is 0.870. The molecule has 0 radical (unpaired) electrons. The van der Waals surface area contributed by atoms with Gasteiger partial charge < -0.3 is 9.42 Å². The molecule has 2 aromatic rings. The molecule has 1 fully saturated rings. The highest BCUT2D eigenvalue weighted by Crippen LogP contribution is 2.32. The van der Waals surface area contributed by atoms with Crippen LogP contribution in [0.15, 0.2) is 10.6 Å². The van der Waals surface area contributed by atoms with Gasteiger partial charge in [0.1, 0.15) is 11.5 Å². The van der Waals surface area contributed by atoms with Crippen LogP contribution < -0.4 is 0 Å². The Bertz CT molecular complexity index is 716. The highest BCUT2D eigenvalue weighted by molar-refractivity contribution is 5.77. The number of hydrogen-bond acceptors (Lipinski definition) is 4. The van der Waals surface area contributed by atoms with Crippen LogP contribution in [0.1, 0.15) is 53.7 Å². The van der Waals surface area contributed by atoms with E-state index in [1.54, 1.807) is 0 Å². The lowest BCUT2D eigenvalue weighted by Crippen LogP contribution is -2.30. The van der Waals surface area contributed by atoms with E-state index in [1.807, 2.05) is 36.5 Å². The minimum atomic E-state index is 0.0658. The zero-order chi connectivity index (χ0) is 16.6. The van der Waals surface area contributed by atoms with Crippen molar-refractivity contribution in [2.75, 3.05) is 6.54 Å². The van der Waals surface area contributed by atoms with Crippen molar-refractivity contribution in [2.24, 2.45) is 7.05 Å². The Hall–Kier alpha value is -2.11. The van der Waals surface area contributed by atoms with E-state index in [9.17, 15) is 4.79 Å². The number of rotatable bonds is 4. The van der Waals surface area contributed by atoms with E-state index >= 15 is 0 Å². The molecular weight excluding hydrogens is 292 g/mol. The average molecular weight is 316 g/mol. The third-order valence-corrected chi connectivity index (χ3v) is 4.81. The molecule has 2 aromatic heterocycles. The molecule has 0 spiro atoms. The van der Waals surface area contributed by atoms with Crippen molar-refractivity contribution < 1.29 is 9.32 Å². The Kier molecular flexibility index (Phi) is 4.24. The van der Waals surface area contributed by atoms with Crippen LogP contribution in [0.4, 0.5) is 0 Å². The van der Waals surface area contributed by atoms with E-state index in [4.69, 9.17) is 4.52 Å². The molecule has 0 aromatic carbocycles. The fraction of sp³-hybridized carbons (Fsp3) is 0.588. The molecule has 3 rings (SSSR count). The van der Waals surface area contributed by atoms with Crippen molar-refractivity contribution in [1.82, 2.24) is 19.8 Å². The molecule has 23 heavy (non-hydrogen) atoms. The highest BCUT2D eigenvalue weighted by atomic mass is 16.5. The van der Waals surface area contributed by atoms with Crippen molar-refractivity contribution in [2.45, 2.75) is 52.5 Å². The van der Waals surface area contributed by atoms with E-state index in [2.05, 4.69) is 17.2 Å². The first-order chi connectivity index (χ1) is 11.0. The molecule has 0 aliphatic carbocycles. The summed E-state index contributed by atoms with van der Waals surface area (Å²) in [5.41, 5.74) is 4.22. The number of carbonyl (C=O) groups is 1. The Morgan fingerprint density at radius 2 is 2.17 bits per heavy atom. The smallest absolute Gasteiger partial charge is 0.223 e. The van der Waals surface area contributed by atoms with E-state index < -0.39 is 0 Å². The van der Waals surface area contributed by atoms with Crippen LogP contribution in [0.2, 0.25) is 0 Å². The van der Waals surface area contributed by atoms with Gasteiger partial charge in [0.15, 0.2) is 0 Å². The number of nitrogens with zero attached hydrogens (tertiary/aromatic N) is 4. The Balaban J connectivity index is 1.68. The standard InChI is InChI=1S/C17H24N4O2/c1-11-10-15(19-23-11)16-6-5-9-21(16)17(22)8-7-14-12(2)18-20(4)13(14)3/h10,16H,5-9H2,1-4H3. The van der Waals surface area contributed by atoms with Gasteiger partial charge in [0.05, 0.1) is 11.7 Å². The molecule has 1 unspecified atom stereocenters. The van der Waals surface area contributed by atoms with Crippen LogP contribution in [0, 0.1) is 20.8 Å². The van der Waals surface area contributed by atoms with Crippen molar-refractivity contribution in [1.29, 1.82) is 0 Å². The zero-order valence-corrected chi connectivity index (χ0v) is 14.3. The molecule has 1 aliphatic heterocycles. The number of carbonyl (C=O) groups excluding carboxylic acids is 1. The molecule has 3 heterocycles. The molecule has 0 saturated carbocycles. The van der Waals surface area contributed by atoms with Gasteiger partial charge in [-0.3, -0.25) is 9.48 Å².